The Bertz CT molecular complexity index is 1180. The van der Waals surface area contributed by atoms with Crippen LogP contribution in [0.3, 0.4) is 0 Å². The van der Waals surface area contributed by atoms with Gasteiger partial charge in [-0.2, -0.15) is 13.2 Å². The summed E-state index contributed by atoms with van der Waals surface area (Å²) in [7, 11) is 0. The number of nitrogens with zero attached hydrogens (tertiary/aromatic N) is 1. The fraction of sp³-hybridized carbons (Fsp3) is 0.192. The van der Waals surface area contributed by atoms with Crippen LogP contribution in [-0.4, -0.2) is 4.98 Å². The summed E-state index contributed by atoms with van der Waals surface area (Å²) in [5.74, 6) is 0.370. The van der Waals surface area contributed by atoms with Crippen molar-refractivity contribution in [1.82, 2.24) is 4.98 Å². The highest BCUT2D eigenvalue weighted by Gasteiger charge is 2.33. The maximum Gasteiger partial charge on any atom is 0.417 e. The van der Waals surface area contributed by atoms with Crippen molar-refractivity contribution in [3.8, 4) is 22.4 Å². The normalized spacial score (nSPS) is 12.8. The van der Waals surface area contributed by atoms with Crippen LogP contribution >= 0.6 is 0 Å². The van der Waals surface area contributed by atoms with Gasteiger partial charge in [-0.05, 0) is 53.3 Å². The molecular formula is C26H22F3N. The van der Waals surface area contributed by atoms with Gasteiger partial charge in [0.05, 0.1) is 16.8 Å². The number of benzene rings is 3. The number of para-hydroxylation sites is 1. The highest BCUT2D eigenvalue weighted by Crippen LogP contribution is 2.39. The molecular weight excluding hydrogens is 383 g/mol. The van der Waals surface area contributed by atoms with Crippen molar-refractivity contribution in [2.75, 3.05) is 0 Å². The molecule has 4 aromatic rings. The molecule has 0 amide bonds. The Morgan fingerprint density at radius 2 is 1.53 bits per heavy atom. The van der Waals surface area contributed by atoms with Crippen molar-refractivity contribution in [2.45, 2.75) is 32.4 Å². The van der Waals surface area contributed by atoms with E-state index in [-0.39, 0.29) is 5.56 Å². The molecule has 0 aliphatic rings. The molecule has 4 heteroatoms. The molecule has 0 fully saturated rings. The van der Waals surface area contributed by atoms with Gasteiger partial charge in [-0.3, -0.25) is 0 Å². The molecule has 0 bridgehead atoms. The van der Waals surface area contributed by atoms with E-state index in [2.05, 4.69) is 18.8 Å². The minimum Gasteiger partial charge on any atom is -0.248 e. The van der Waals surface area contributed by atoms with Crippen LogP contribution in [0.4, 0.5) is 13.2 Å². The molecule has 3 aromatic carbocycles. The van der Waals surface area contributed by atoms with Crippen LogP contribution < -0.4 is 0 Å². The Balaban J connectivity index is 1.83. The zero-order valence-corrected chi connectivity index (χ0v) is 16.9. The van der Waals surface area contributed by atoms with Gasteiger partial charge in [0.2, 0.25) is 0 Å². The van der Waals surface area contributed by atoms with E-state index >= 15 is 0 Å². The van der Waals surface area contributed by atoms with Gasteiger partial charge >= 0.3 is 6.18 Å². The fourth-order valence-electron chi connectivity index (χ4n) is 3.64. The number of aromatic nitrogens is 1. The summed E-state index contributed by atoms with van der Waals surface area (Å²) < 4.78 is 41.2. The lowest BCUT2D eigenvalue weighted by molar-refractivity contribution is -0.137. The molecule has 1 aromatic heterocycles. The summed E-state index contributed by atoms with van der Waals surface area (Å²) in [5, 5.41) is 0.994. The summed E-state index contributed by atoms with van der Waals surface area (Å²) in [5.41, 5.74) is 3.34. The zero-order valence-electron chi connectivity index (χ0n) is 16.9. The summed E-state index contributed by atoms with van der Waals surface area (Å²) in [6.07, 6.45) is -3.45. The SMILES string of the molecule is CCC(C)c1ccc(-c2cc(-c3ccc4ccccc4n3)ccc2C(F)(F)F)cc1. The molecule has 0 aliphatic heterocycles. The van der Waals surface area contributed by atoms with Gasteiger partial charge in [0.1, 0.15) is 0 Å². The minimum absolute atomic E-state index is 0.172. The quantitative estimate of drug-likeness (QED) is 0.334. The molecule has 152 valence electrons. The van der Waals surface area contributed by atoms with Crippen LogP contribution in [0.5, 0.6) is 0 Å². The number of alkyl halides is 3. The molecule has 0 aliphatic carbocycles. The van der Waals surface area contributed by atoms with E-state index in [0.717, 1.165) is 29.0 Å². The van der Waals surface area contributed by atoms with E-state index in [1.54, 1.807) is 18.2 Å². The Kier molecular flexibility index (Phi) is 5.33. The Morgan fingerprint density at radius 3 is 2.23 bits per heavy atom. The van der Waals surface area contributed by atoms with Crippen LogP contribution in [-0.2, 0) is 6.18 Å². The van der Waals surface area contributed by atoms with Crippen molar-refractivity contribution in [2.24, 2.45) is 0 Å². The molecule has 30 heavy (non-hydrogen) atoms. The molecule has 0 spiro atoms. The largest absolute Gasteiger partial charge is 0.417 e. The summed E-state index contributed by atoms with van der Waals surface area (Å²) in [4.78, 5) is 4.64. The Labute approximate surface area is 174 Å². The monoisotopic (exact) mass is 405 g/mol. The molecule has 0 N–H and O–H groups in total. The molecule has 0 saturated heterocycles. The molecule has 4 rings (SSSR count). The second-order valence-corrected chi connectivity index (χ2v) is 7.58. The van der Waals surface area contributed by atoms with E-state index in [1.165, 1.54) is 6.07 Å². The highest BCUT2D eigenvalue weighted by molar-refractivity contribution is 5.82. The van der Waals surface area contributed by atoms with Crippen molar-refractivity contribution in [3.63, 3.8) is 0 Å². The third kappa shape index (κ3) is 3.95. The first kappa shape index (κ1) is 20.1. The second-order valence-electron chi connectivity index (χ2n) is 7.58. The molecule has 0 radical (unpaired) electrons. The molecule has 1 heterocycles. The predicted octanol–water partition coefficient (Wildman–Crippen LogP) is 8.10. The maximum absolute atomic E-state index is 13.7. The number of hydrogen-bond donors (Lipinski definition) is 0. The van der Waals surface area contributed by atoms with Crippen molar-refractivity contribution in [3.05, 3.63) is 90.0 Å². The van der Waals surface area contributed by atoms with Crippen LogP contribution in [0.15, 0.2) is 78.9 Å². The van der Waals surface area contributed by atoms with Crippen molar-refractivity contribution in [1.29, 1.82) is 0 Å². The smallest absolute Gasteiger partial charge is 0.248 e. The van der Waals surface area contributed by atoms with Crippen LogP contribution in [0.1, 0.15) is 37.3 Å². The number of halogens is 3. The predicted molar refractivity (Wildman–Crippen MR) is 116 cm³/mol. The number of fused-ring (bicyclic) bond motifs is 1. The number of rotatable bonds is 4. The first-order valence-electron chi connectivity index (χ1n) is 10.0. The average Bonchev–Trinajstić information content (AvgIpc) is 2.77. The molecule has 0 saturated carbocycles. The summed E-state index contributed by atoms with van der Waals surface area (Å²) in [6, 6.07) is 23.1. The molecule has 1 atom stereocenters. The van der Waals surface area contributed by atoms with Crippen LogP contribution in [0.25, 0.3) is 33.3 Å². The van der Waals surface area contributed by atoms with Gasteiger partial charge in [-0.25, -0.2) is 4.98 Å². The maximum atomic E-state index is 13.7. The third-order valence-electron chi connectivity index (χ3n) is 5.62. The van der Waals surface area contributed by atoms with Crippen molar-refractivity contribution < 1.29 is 13.2 Å². The van der Waals surface area contributed by atoms with E-state index < -0.39 is 11.7 Å². The van der Waals surface area contributed by atoms with Gasteiger partial charge in [0.15, 0.2) is 0 Å². The topological polar surface area (TPSA) is 12.9 Å². The summed E-state index contributed by atoms with van der Waals surface area (Å²) >= 11 is 0. The van der Waals surface area contributed by atoms with E-state index in [9.17, 15) is 13.2 Å². The number of pyridine rings is 1. The van der Waals surface area contributed by atoms with Gasteiger partial charge in [0.25, 0.3) is 0 Å². The lowest BCUT2D eigenvalue weighted by atomic mass is 9.92. The van der Waals surface area contributed by atoms with Crippen molar-refractivity contribution >= 4 is 10.9 Å². The Morgan fingerprint density at radius 1 is 0.833 bits per heavy atom. The molecule has 1 unspecified atom stereocenters. The lowest BCUT2D eigenvalue weighted by Gasteiger charge is -2.16. The van der Waals surface area contributed by atoms with E-state index in [4.69, 9.17) is 0 Å². The summed E-state index contributed by atoms with van der Waals surface area (Å²) in [6.45, 7) is 4.21. The highest BCUT2D eigenvalue weighted by atomic mass is 19.4. The standard InChI is InChI=1S/C26H22F3N/c1-3-17(2)18-8-10-19(11-9-18)22-16-21(12-14-23(22)26(27,28)29)25-15-13-20-6-4-5-7-24(20)30-25/h4-17H,3H2,1-2H3. The average molecular weight is 405 g/mol. The van der Waals surface area contributed by atoms with Gasteiger partial charge in [-0.15, -0.1) is 0 Å². The number of hydrogen-bond acceptors (Lipinski definition) is 1. The first-order chi connectivity index (χ1) is 14.4. The zero-order chi connectivity index (χ0) is 21.3. The lowest BCUT2D eigenvalue weighted by Crippen LogP contribution is -2.07. The van der Waals surface area contributed by atoms with E-state index in [1.807, 2.05) is 48.5 Å². The van der Waals surface area contributed by atoms with Gasteiger partial charge < -0.3 is 0 Å². The fourth-order valence-corrected chi connectivity index (χ4v) is 3.64. The second kappa shape index (κ2) is 7.94. The molecule has 1 nitrogen and oxygen atoms in total. The van der Waals surface area contributed by atoms with E-state index in [0.29, 0.717) is 22.7 Å². The van der Waals surface area contributed by atoms with Gasteiger partial charge in [0, 0.05) is 10.9 Å². The Hall–Kier alpha value is -3.14. The van der Waals surface area contributed by atoms with Crippen LogP contribution in [0.2, 0.25) is 0 Å². The van der Waals surface area contributed by atoms with Crippen LogP contribution in [0, 0.1) is 0 Å². The third-order valence-corrected chi connectivity index (χ3v) is 5.62. The van der Waals surface area contributed by atoms with Gasteiger partial charge in [-0.1, -0.05) is 68.4 Å². The minimum atomic E-state index is -4.43. The first-order valence-corrected chi connectivity index (χ1v) is 10.0.